The molecule has 0 saturated heterocycles. The van der Waals surface area contributed by atoms with Crippen molar-refractivity contribution in [1.29, 1.82) is 5.41 Å². The van der Waals surface area contributed by atoms with Crippen molar-refractivity contribution in [3.8, 4) is 0 Å². The van der Waals surface area contributed by atoms with Crippen molar-refractivity contribution in [3.63, 3.8) is 0 Å². The predicted molar refractivity (Wildman–Crippen MR) is 35.6 cm³/mol. The van der Waals surface area contributed by atoms with Crippen LogP contribution in [-0.2, 0) is 4.74 Å². The van der Waals surface area contributed by atoms with Crippen LogP contribution in [0.4, 0.5) is 0 Å². The Morgan fingerprint density at radius 1 is 1.78 bits per heavy atom. The topological polar surface area (TPSA) is 53.3 Å². The fourth-order valence-electron chi connectivity index (χ4n) is 0.372. The highest BCUT2D eigenvalue weighted by Gasteiger charge is 1.87. The molecular weight excluding hydrogens is 118 g/mol. The minimum Gasteiger partial charge on any atom is -0.490 e. The first kappa shape index (κ1) is 8.17. The van der Waals surface area contributed by atoms with E-state index in [9.17, 15) is 0 Å². The van der Waals surface area contributed by atoms with E-state index in [1.165, 1.54) is 0 Å². The van der Waals surface area contributed by atoms with Crippen LogP contribution in [0.25, 0.3) is 0 Å². The van der Waals surface area contributed by atoms with Gasteiger partial charge in [0.1, 0.15) is 12.4 Å². The second kappa shape index (κ2) is 5.31. The maximum atomic E-state index is 8.28. The van der Waals surface area contributed by atoms with Gasteiger partial charge in [-0.1, -0.05) is 0 Å². The summed E-state index contributed by atoms with van der Waals surface area (Å²) in [5.41, 5.74) is 0. The first-order chi connectivity index (χ1) is 4.35. The minimum absolute atomic E-state index is 0.00875. The van der Waals surface area contributed by atoms with Gasteiger partial charge in [0, 0.05) is 0 Å². The second-order valence-electron chi connectivity index (χ2n) is 1.41. The molecule has 3 heteroatoms. The quantitative estimate of drug-likeness (QED) is 0.430. The fourth-order valence-corrected chi connectivity index (χ4v) is 0.372. The Bertz CT molecular complexity index is 110. The van der Waals surface area contributed by atoms with Gasteiger partial charge in [-0.25, -0.2) is 0 Å². The van der Waals surface area contributed by atoms with Gasteiger partial charge < -0.3 is 15.3 Å². The summed E-state index contributed by atoms with van der Waals surface area (Å²) in [5, 5.41) is 15.0. The third kappa shape index (κ3) is 3.73. The van der Waals surface area contributed by atoms with Crippen LogP contribution in [0.5, 0.6) is 0 Å². The number of rotatable bonds is 4. The highest BCUT2D eigenvalue weighted by atomic mass is 16.5. The lowest BCUT2D eigenvalue weighted by Gasteiger charge is -2.00. The Balaban J connectivity index is 3.45. The maximum Gasteiger partial charge on any atom is 0.132 e. The van der Waals surface area contributed by atoms with Crippen LogP contribution in [0.1, 0.15) is 6.92 Å². The number of hydrogen-bond acceptors (Lipinski definition) is 3. The Morgan fingerprint density at radius 3 is 2.78 bits per heavy atom. The maximum absolute atomic E-state index is 8.28. The molecule has 0 unspecified atom stereocenters. The molecule has 0 rings (SSSR count). The molecule has 0 fully saturated rings. The van der Waals surface area contributed by atoms with Gasteiger partial charge in [0.2, 0.25) is 0 Å². The van der Waals surface area contributed by atoms with Crippen LogP contribution >= 0.6 is 0 Å². The van der Waals surface area contributed by atoms with E-state index in [2.05, 4.69) is 0 Å². The molecule has 0 aromatic carbocycles. The first-order valence-corrected chi connectivity index (χ1v) is 2.75. The number of ether oxygens (including phenoxy) is 1. The van der Waals surface area contributed by atoms with Crippen molar-refractivity contribution in [2.24, 2.45) is 0 Å². The lowest BCUT2D eigenvalue weighted by molar-refractivity contribution is 0.156. The molecule has 0 amide bonds. The van der Waals surface area contributed by atoms with Gasteiger partial charge in [-0.2, -0.15) is 0 Å². The van der Waals surface area contributed by atoms with Crippen LogP contribution in [-0.4, -0.2) is 24.5 Å². The molecule has 0 bridgehead atoms. The van der Waals surface area contributed by atoms with Crippen LogP contribution in [0.15, 0.2) is 11.8 Å². The molecule has 0 aliphatic rings. The Morgan fingerprint density at radius 2 is 2.44 bits per heavy atom. The zero-order chi connectivity index (χ0) is 7.11. The predicted octanol–water partition coefficient (Wildman–Crippen LogP) is 0.549. The zero-order valence-corrected chi connectivity index (χ0v) is 5.42. The average molecular weight is 129 g/mol. The van der Waals surface area contributed by atoms with Gasteiger partial charge in [-0.3, -0.25) is 0 Å². The number of aliphatic hydroxyl groups is 1. The number of allylic oxidation sites excluding steroid dienone is 2. The molecule has 9 heavy (non-hydrogen) atoms. The Hall–Kier alpha value is -0.830. The van der Waals surface area contributed by atoms with E-state index in [-0.39, 0.29) is 13.2 Å². The summed E-state index contributed by atoms with van der Waals surface area (Å²) >= 11 is 0. The van der Waals surface area contributed by atoms with Crippen LogP contribution < -0.4 is 0 Å². The molecule has 0 spiro atoms. The monoisotopic (exact) mass is 129 g/mol. The standard InChI is InChI=1S/C6H11NO2/c1-2-6(5-7)9-4-3-8/h2,5,7-8H,3-4H2,1H3/b6-2+,7-5?. The number of aliphatic hydroxyl groups excluding tert-OH is 1. The largest absolute Gasteiger partial charge is 0.490 e. The molecule has 0 aromatic heterocycles. The molecule has 0 saturated carbocycles. The van der Waals surface area contributed by atoms with Crippen LogP contribution in [0.2, 0.25) is 0 Å². The average Bonchev–Trinajstić information content (AvgIpc) is 1.91. The molecule has 52 valence electrons. The second-order valence-corrected chi connectivity index (χ2v) is 1.41. The fraction of sp³-hybridized carbons (Fsp3) is 0.500. The smallest absolute Gasteiger partial charge is 0.132 e. The molecular formula is C6H11NO2. The van der Waals surface area contributed by atoms with E-state index in [0.29, 0.717) is 5.76 Å². The molecule has 0 atom stereocenters. The normalized spacial score (nSPS) is 11.1. The Labute approximate surface area is 54.5 Å². The van der Waals surface area contributed by atoms with Crippen molar-refractivity contribution in [1.82, 2.24) is 0 Å². The van der Waals surface area contributed by atoms with Crippen LogP contribution in [0, 0.1) is 5.41 Å². The lowest BCUT2D eigenvalue weighted by atomic mass is 10.5. The summed E-state index contributed by atoms with van der Waals surface area (Å²) in [7, 11) is 0. The highest BCUT2D eigenvalue weighted by molar-refractivity contribution is 5.72. The van der Waals surface area contributed by atoms with Crippen LogP contribution in [0.3, 0.4) is 0 Å². The van der Waals surface area contributed by atoms with Crippen molar-refractivity contribution in [3.05, 3.63) is 11.8 Å². The van der Waals surface area contributed by atoms with Gasteiger partial charge in [0.15, 0.2) is 0 Å². The van der Waals surface area contributed by atoms with Gasteiger partial charge in [0.05, 0.1) is 12.8 Å². The Kier molecular flexibility index (Phi) is 4.82. The van der Waals surface area contributed by atoms with E-state index in [4.69, 9.17) is 15.3 Å². The zero-order valence-electron chi connectivity index (χ0n) is 5.42. The first-order valence-electron chi connectivity index (χ1n) is 2.75. The summed E-state index contributed by atoms with van der Waals surface area (Å²) < 4.78 is 4.86. The lowest BCUT2D eigenvalue weighted by Crippen LogP contribution is -1.99. The third-order valence-corrected chi connectivity index (χ3v) is 0.787. The van der Waals surface area contributed by atoms with E-state index in [0.717, 1.165) is 6.21 Å². The van der Waals surface area contributed by atoms with Crippen molar-refractivity contribution >= 4 is 6.21 Å². The van der Waals surface area contributed by atoms with E-state index >= 15 is 0 Å². The minimum atomic E-state index is -0.00875. The summed E-state index contributed by atoms with van der Waals surface area (Å²) in [6.07, 6.45) is 2.78. The summed E-state index contributed by atoms with van der Waals surface area (Å²) in [6.45, 7) is 2.03. The van der Waals surface area contributed by atoms with Gasteiger partial charge >= 0.3 is 0 Å². The van der Waals surface area contributed by atoms with Crippen molar-refractivity contribution < 1.29 is 9.84 Å². The summed E-state index contributed by atoms with van der Waals surface area (Å²) in [6, 6.07) is 0. The number of nitrogens with one attached hydrogen (secondary N) is 1. The van der Waals surface area contributed by atoms with E-state index in [1.807, 2.05) is 0 Å². The molecule has 0 heterocycles. The molecule has 0 aliphatic heterocycles. The molecule has 0 radical (unpaired) electrons. The van der Waals surface area contributed by atoms with Gasteiger partial charge in [0.25, 0.3) is 0 Å². The van der Waals surface area contributed by atoms with Crippen molar-refractivity contribution in [2.45, 2.75) is 6.92 Å². The van der Waals surface area contributed by atoms with Gasteiger partial charge in [-0.05, 0) is 13.0 Å². The van der Waals surface area contributed by atoms with E-state index in [1.54, 1.807) is 13.0 Å². The molecule has 0 aromatic rings. The summed E-state index contributed by atoms with van der Waals surface area (Å²) in [5.74, 6) is 0.490. The SMILES string of the molecule is C/C=C(\C=N)OCCO. The van der Waals surface area contributed by atoms with Gasteiger partial charge in [-0.15, -0.1) is 0 Å². The van der Waals surface area contributed by atoms with E-state index < -0.39 is 0 Å². The van der Waals surface area contributed by atoms with Crippen molar-refractivity contribution in [2.75, 3.05) is 13.2 Å². The molecule has 2 N–H and O–H groups in total. The number of hydrogen-bond donors (Lipinski definition) is 2. The highest BCUT2D eigenvalue weighted by Crippen LogP contribution is 1.90. The molecule has 3 nitrogen and oxygen atoms in total. The third-order valence-electron chi connectivity index (χ3n) is 0.787. The molecule has 0 aliphatic carbocycles. The summed E-state index contributed by atoms with van der Waals surface area (Å²) in [4.78, 5) is 0.